The van der Waals surface area contributed by atoms with E-state index in [1.54, 1.807) is 0 Å². The molecule has 21 heavy (non-hydrogen) atoms. The Morgan fingerprint density at radius 2 is 2.19 bits per heavy atom. The number of nitrogens with zero attached hydrogens (tertiary/aromatic N) is 1. The molecule has 7 nitrogen and oxygen atoms in total. The third-order valence-corrected chi connectivity index (χ3v) is 3.45. The minimum absolute atomic E-state index is 0.0650. The SMILES string of the molecule is COC(=O)CCCNC(=O)CSc1ncccc1C(=O)O. The molecule has 0 radical (unpaired) electrons. The van der Waals surface area contributed by atoms with Gasteiger partial charge in [0.05, 0.1) is 18.4 Å². The maximum atomic E-state index is 11.6. The van der Waals surface area contributed by atoms with Crippen molar-refractivity contribution in [1.29, 1.82) is 0 Å². The van der Waals surface area contributed by atoms with Crippen LogP contribution in [0.1, 0.15) is 23.2 Å². The van der Waals surface area contributed by atoms with Gasteiger partial charge >= 0.3 is 11.9 Å². The first kappa shape index (κ1) is 17.0. The van der Waals surface area contributed by atoms with Crippen LogP contribution < -0.4 is 5.32 Å². The van der Waals surface area contributed by atoms with E-state index >= 15 is 0 Å². The number of carboxylic acids is 1. The topological polar surface area (TPSA) is 106 Å². The molecule has 0 atom stereocenters. The van der Waals surface area contributed by atoms with Crippen LogP contribution in [0.15, 0.2) is 23.4 Å². The van der Waals surface area contributed by atoms with Crippen LogP contribution in [0.2, 0.25) is 0 Å². The monoisotopic (exact) mass is 312 g/mol. The zero-order valence-electron chi connectivity index (χ0n) is 11.5. The molecule has 0 aliphatic carbocycles. The summed E-state index contributed by atoms with van der Waals surface area (Å²) in [5.41, 5.74) is 0.0704. The molecule has 1 rings (SSSR count). The highest BCUT2D eigenvalue weighted by Crippen LogP contribution is 2.19. The Hall–Kier alpha value is -2.09. The summed E-state index contributed by atoms with van der Waals surface area (Å²) in [6, 6.07) is 2.96. The van der Waals surface area contributed by atoms with Crippen molar-refractivity contribution in [2.45, 2.75) is 17.9 Å². The normalized spacial score (nSPS) is 9.95. The Kier molecular flexibility index (Phi) is 7.24. The van der Waals surface area contributed by atoms with E-state index in [1.165, 1.54) is 25.4 Å². The first-order valence-corrected chi connectivity index (χ1v) is 7.17. The molecule has 1 aromatic rings. The number of nitrogens with one attached hydrogen (secondary N) is 1. The highest BCUT2D eigenvalue weighted by atomic mass is 32.2. The lowest BCUT2D eigenvalue weighted by atomic mass is 10.3. The van der Waals surface area contributed by atoms with Gasteiger partial charge in [0.25, 0.3) is 0 Å². The molecule has 0 aromatic carbocycles. The largest absolute Gasteiger partial charge is 0.478 e. The van der Waals surface area contributed by atoms with Crippen LogP contribution in [-0.4, -0.2) is 47.3 Å². The minimum atomic E-state index is -1.08. The molecule has 0 saturated carbocycles. The number of thioether (sulfide) groups is 1. The lowest BCUT2D eigenvalue weighted by molar-refractivity contribution is -0.140. The molecule has 2 N–H and O–H groups in total. The third-order valence-electron chi connectivity index (χ3n) is 2.45. The quantitative estimate of drug-likeness (QED) is 0.418. The van der Waals surface area contributed by atoms with Gasteiger partial charge in [-0.15, -0.1) is 0 Å². The van der Waals surface area contributed by atoms with Crippen LogP contribution >= 0.6 is 11.8 Å². The number of pyridine rings is 1. The fourth-order valence-corrected chi connectivity index (χ4v) is 2.23. The summed E-state index contributed by atoms with van der Waals surface area (Å²) < 4.78 is 4.48. The molecule has 0 bridgehead atoms. The van der Waals surface area contributed by atoms with Crippen molar-refractivity contribution in [3.63, 3.8) is 0 Å². The molecule has 1 heterocycles. The van der Waals surface area contributed by atoms with Crippen molar-refractivity contribution in [2.75, 3.05) is 19.4 Å². The van der Waals surface area contributed by atoms with Crippen LogP contribution in [0, 0.1) is 0 Å². The van der Waals surface area contributed by atoms with Crippen molar-refractivity contribution in [3.8, 4) is 0 Å². The highest BCUT2D eigenvalue weighted by Gasteiger charge is 2.12. The Morgan fingerprint density at radius 1 is 1.43 bits per heavy atom. The average Bonchev–Trinajstić information content (AvgIpc) is 2.49. The number of aromatic carboxylic acids is 1. The molecule has 0 spiro atoms. The number of ether oxygens (including phenoxy) is 1. The van der Waals surface area contributed by atoms with E-state index in [1.807, 2.05) is 0 Å². The second-order valence-electron chi connectivity index (χ2n) is 3.98. The van der Waals surface area contributed by atoms with Gasteiger partial charge in [0.1, 0.15) is 5.03 Å². The summed E-state index contributed by atoms with van der Waals surface area (Å²) in [5, 5.41) is 11.9. The third kappa shape index (κ3) is 6.26. The van der Waals surface area contributed by atoms with Gasteiger partial charge in [-0.25, -0.2) is 9.78 Å². The highest BCUT2D eigenvalue weighted by molar-refractivity contribution is 8.00. The number of hydrogen-bond acceptors (Lipinski definition) is 6. The van der Waals surface area contributed by atoms with E-state index < -0.39 is 5.97 Å². The van der Waals surface area contributed by atoms with Crippen LogP contribution in [0.3, 0.4) is 0 Å². The Labute approximate surface area is 126 Å². The van der Waals surface area contributed by atoms with E-state index in [0.717, 1.165) is 11.8 Å². The molecule has 1 aromatic heterocycles. The van der Waals surface area contributed by atoms with E-state index in [4.69, 9.17) is 5.11 Å². The Morgan fingerprint density at radius 3 is 2.86 bits per heavy atom. The molecule has 0 unspecified atom stereocenters. The lowest BCUT2D eigenvalue weighted by Gasteiger charge is -2.06. The van der Waals surface area contributed by atoms with E-state index in [2.05, 4.69) is 15.0 Å². The number of carboxylic acid groups (broad SMARTS) is 1. The fraction of sp³-hybridized carbons (Fsp3) is 0.385. The molecule has 0 aliphatic heterocycles. The first-order chi connectivity index (χ1) is 10.0. The van der Waals surface area contributed by atoms with E-state index in [-0.39, 0.29) is 29.6 Å². The number of rotatable bonds is 8. The second kappa shape index (κ2) is 8.96. The van der Waals surface area contributed by atoms with Crippen molar-refractivity contribution in [1.82, 2.24) is 10.3 Å². The molecule has 8 heteroatoms. The van der Waals surface area contributed by atoms with Crippen molar-refractivity contribution < 1.29 is 24.2 Å². The second-order valence-corrected chi connectivity index (χ2v) is 4.94. The summed E-state index contributed by atoms with van der Waals surface area (Å²) in [5.74, 6) is -1.58. The van der Waals surface area contributed by atoms with Crippen LogP contribution in [-0.2, 0) is 14.3 Å². The summed E-state index contributed by atoms with van der Waals surface area (Å²) in [6.07, 6.45) is 2.21. The maximum absolute atomic E-state index is 11.6. The lowest BCUT2D eigenvalue weighted by Crippen LogP contribution is -2.26. The van der Waals surface area contributed by atoms with E-state index in [0.29, 0.717) is 18.0 Å². The molecule has 0 aliphatic rings. The minimum Gasteiger partial charge on any atom is -0.478 e. The predicted molar refractivity (Wildman–Crippen MR) is 76.2 cm³/mol. The first-order valence-electron chi connectivity index (χ1n) is 6.19. The molecule has 0 fully saturated rings. The number of amides is 1. The average molecular weight is 312 g/mol. The van der Waals surface area contributed by atoms with Gasteiger partial charge in [0.15, 0.2) is 0 Å². The summed E-state index contributed by atoms with van der Waals surface area (Å²) in [7, 11) is 1.31. The standard InChI is InChI=1S/C13H16N2O5S/c1-20-11(17)5-3-6-14-10(16)8-21-12-9(13(18)19)4-2-7-15-12/h2,4,7H,3,5-6,8H2,1H3,(H,14,16)(H,18,19). The molecular formula is C13H16N2O5S. The molecular weight excluding hydrogens is 296 g/mol. The van der Waals surface area contributed by atoms with Crippen molar-refractivity contribution >= 4 is 29.6 Å². The molecule has 1 amide bonds. The van der Waals surface area contributed by atoms with Crippen LogP contribution in [0.25, 0.3) is 0 Å². The number of carbonyl (C=O) groups excluding carboxylic acids is 2. The van der Waals surface area contributed by atoms with Gasteiger partial charge in [0.2, 0.25) is 5.91 Å². The maximum Gasteiger partial charge on any atom is 0.338 e. The van der Waals surface area contributed by atoms with Crippen molar-refractivity contribution in [3.05, 3.63) is 23.9 Å². The van der Waals surface area contributed by atoms with Gasteiger partial charge in [-0.2, -0.15) is 0 Å². The smallest absolute Gasteiger partial charge is 0.338 e. The Balaban J connectivity index is 2.33. The van der Waals surface area contributed by atoms with Crippen molar-refractivity contribution in [2.24, 2.45) is 0 Å². The molecule has 0 saturated heterocycles. The number of aromatic nitrogens is 1. The fourth-order valence-electron chi connectivity index (χ4n) is 1.42. The van der Waals surface area contributed by atoms with Gasteiger partial charge < -0.3 is 15.2 Å². The number of methoxy groups -OCH3 is 1. The van der Waals surface area contributed by atoms with Gasteiger partial charge in [-0.05, 0) is 18.6 Å². The number of hydrogen-bond donors (Lipinski definition) is 2. The van der Waals surface area contributed by atoms with Crippen LogP contribution in [0.4, 0.5) is 0 Å². The van der Waals surface area contributed by atoms with Crippen LogP contribution in [0.5, 0.6) is 0 Å². The zero-order chi connectivity index (χ0) is 15.7. The number of esters is 1. The summed E-state index contributed by atoms with van der Waals surface area (Å²) >= 11 is 1.06. The predicted octanol–water partition coefficient (Wildman–Crippen LogP) is 0.941. The van der Waals surface area contributed by atoms with E-state index in [9.17, 15) is 14.4 Å². The van der Waals surface area contributed by atoms with Gasteiger partial charge in [-0.1, -0.05) is 11.8 Å². The van der Waals surface area contributed by atoms with Gasteiger partial charge in [0, 0.05) is 19.2 Å². The summed E-state index contributed by atoms with van der Waals surface area (Å²) in [6.45, 7) is 0.364. The van der Waals surface area contributed by atoms with Gasteiger partial charge in [-0.3, -0.25) is 9.59 Å². The number of carbonyl (C=O) groups is 3. The summed E-state index contributed by atoms with van der Waals surface area (Å²) in [4.78, 5) is 37.4. The Bertz CT molecular complexity index is 521. The molecule has 114 valence electrons. The zero-order valence-corrected chi connectivity index (χ0v) is 12.3.